The van der Waals surface area contributed by atoms with Gasteiger partial charge in [-0.3, -0.25) is 0 Å². The van der Waals surface area contributed by atoms with Crippen molar-refractivity contribution in [3.05, 3.63) is 39.4 Å². The van der Waals surface area contributed by atoms with Gasteiger partial charge in [-0.1, -0.05) is 6.07 Å². The highest BCUT2D eigenvalue weighted by atomic mass is 35.5. The molecule has 2 aromatic heterocycles. The fourth-order valence-corrected chi connectivity index (χ4v) is 2.19. The molecular weight excluding hydrogens is 301 g/mol. The molecule has 0 aliphatic heterocycles. The minimum Gasteiger partial charge on any atom is -0.477 e. The summed E-state index contributed by atoms with van der Waals surface area (Å²) in [5, 5.41) is 1.43. The first-order valence-corrected chi connectivity index (χ1v) is 6.48. The van der Waals surface area contributed by atoms with Crippen LogP contribution in [0, 0.1) is 0 Å². The average Bonchev–Trinajstić information content (AvgIpc) is 2.80. The molecule has 0 spiro atoms. The lowest BCUT2D eigenvalue weighted by Gasteiger charge is -2.09. The summed E-state index contributed by atoms with van der Waals surface area (Å²) in [5.41, 5.74) is -1.11. The quantitative estimate of drug-likeness (QED) is 0.805. The molecule has 3 nitrogen and oxygen atoms in total. The summed E-state index contributed by atoms with van der Waals surface area (Å²) in [6.45, 7) is 0.227. The molecule has 8 heteroatoms. The highest BCUT2D eigenvalue weighted by molar-refractivity contribution is 7.09. The van der Waals surface area contributed by atoms with Crippen molar-refractivity contribution in [3.63, 3.8) is 0 Å². The van der Waals surface area contributed by atoms with Crippen LogP contribution in [0.4, 0.5) is 13.2 Å². The van der Waals surface area contributed by atoms with Gasteiger partial charge in [0, 0.05) is 17.4 Å². The molecule has 0 bridgehead atoms. The molecule has 2 heterocycles. The zero-order valence-corrected chi connectivity index (χ0v) is 11.0. The van der Waals surface area contributed by atoms with E-state index in [2.05, 4.69) is 9.97 Å². The van der Waals surface area contributed by atoms with Gasteiger partial charge in [-0.05, 0) is 23.0 Å². The summed E-state index contributed by atoms with van der Waals surface area (Å²) >= 11 is 6.98. The molecule has 19 heavy (non-hydrogen) atoms. The number of halogens is 4. The van der Waals surface area contributed by atoms with E-state index in [1.165, 1.54) is 0 Å². The first kappa shape index (κ1) is 14.1. The van der Waals surface area contributed by atoms with Gasteiger partial charge in [0.1, 0.15) is 0 Å². The monoisotopic (exact) mass is 308 g/mol. The van der Waals surface area contributed by atoms with Crippen LogP contribution in [-0.4, -0.2) is 16.6 Å². The Kier molecular flexibility index (Phi) is 4.26. The van der Waals surface area contributed by atoms with Crippen molar-refractivity contribution in [2.24, 2.45) is 0 Å². The molecule has 0 saturated carbocycles. The Morgan fingerprint density at radius 3 is 2.74 bits per heavy atom. The standard InChI is InChI=1S/C11H8ClF3N2OS/c12-10-16-8(11(13,14)15)6-9(17-10)18-4-3-7-2-1-5-19-7/h1-2,5-6H,3-4H2. The Labute approximate surface area is 116 Å². The summed E-state index contributed by atoms with van der Waals surface area (Å²) in [6.07, 6.45) is -3.97. The Hall–Kier alpha value is -1.34. The molecule has 0 amide bonds. The van der Waals surface area contributed by atoms with Crippen molar-refractivity contribution in [2.75, 3.05) is 6.61 Å². The Morgan fingerprint density at radius 1 is 1.32 bits per heavy atom. The molecule has 0 aliphatic carbocycles. The number of alkyl halides is 3. The van der Waals surface area contributed by atoms with Crippen molar-refractivity contribution in [1.29, 1.82) is 0 Å². The number of hydrogen-bond acceptors (Lipinski definition) is 4. The number of thiophene rings is 1. The summed E-state index contributed by atoms with van der Waals surface area (Å²) in [4.78, 5) is 7.80. The molecule has 102 valence electrons. The van der Waals surface area contributed by atoms with Crippen LogP contribution in [0.1, 0.15) is 10.6 Å². The smallest absolute Gasteiger partial charge is 0.433 e. The van der Waals surface area contributed by atoms with Crippen molar-refractivity contribution >= 4 is 22.9 Å². The third kappa shape index (κ3) is 4.07. The first-order chi connectivity index (χ1) is 8.95. The van der Waals surface area contributed by atoms with Gasteiger partial charge in [0.25, 0.3) is 0 Å². The van der Waals surface area contributed by atoms with Gasteiger partial charge in [-0.25, -0.2) is 4.98 Å². The molecule has 2 rings (SSSR count). The van der Waals surface area contributed by atoms with Crippen LogP contribution >= 0.6 is 22.9 Å². The van der Waals surface area contributed by atoms with Crippen LogP contribution in [0.5, 0.6) is 5.88 Å². The summed E-state index contributed by atoms with van der Waals surface area (Å²) in [5.74, 6) is -0.177. The minimum absolute atomic E-state index is 0.177. The van der Waals surface area contributed by atoms with Crippen LogP contribution in [0.15, 0.2) is 23.6 Å². The van der Waals surface area contributed by atoms with Gasteiger partial charge < -0.3 is 4.74 Å². The van der Waals surface area contributed by atoms with E-state index in [1.54, 1.807) is 11.3 Å². The summed E-state index contributed by atoms with van der Waals surface area (Å²) in [7, 11) is 0. The van der Waals surface area contributed by atoms with E-state index in [-0.39, 0.29) is 12.5 Å². The third-order valence-corrected chi connectivity index (χ3v) is 3.25. The molecule has 0 aliphatic rings. The molecule has 0 fully saturated rings. The van der Waals surface area contributed by atoms with E-state index >= 15 is 0 Å². The number of ether oxygens (including phenoxy) is 1. The van der Waals surface area contributed by atoms with E-state index < -0.39 is 17.2 Å². The van der Waals surface area contributed by atoms with E-state index in [1.807, 2.05) is 17.5 Å². The lowest BCUT2D eigenvalue weighted by Crippen LogP contribution is -2.10. The largest absolute Gasteiger partial charge is 0.477 e. The van der Waals surface area contributed by atoms with Crippen LogP contribution in [-0.2, 0) is 12.6 Å². The Balaban J connectivity index is 2.02. The number of aromatic nitrogens is 2. The highest BCUT2D eigenvalue weighted by Crippen LogP contribution is 2.30. The van der Waals surface area contributed by atoms with Gasteiger partial charge in [0.15, 0.2) is 5.69 Å². The molecule has 0 atom stereocenters. The lowest BCUT2D eigenvalue weighted by atomic mass is 10.3. The van der Waals surface area contributed by atoms with Crippen molar-refractivity contribution in [2.45, 2.75) is 12.6 Å². The fraction of sp³-hybridized carbons (Fsp3) is 0.273. The second-order valence-corrected chi connectivity index (χ2v) is 4.91. The van der Waals surface area contributed by atoms with Gasteiger partial charge >= 0.3 is 6.18 Å². The maximum absolute atomic E-state index is 12.5. The van der Waals surface area contributed by atoms with Gasteiger partial charge in [0.05, 0.1) is 6.61 Å². The van der Waals surface area contributed by atoms with Crippen LogP contribution in [0.3, 0.4) is 0 Å². The predicted octanol–water partition coefficient (Wildman–Crippen LogP) is 3.83. The van der Waals surface area contributed by atoms with Crippen LogP contribution < -0.4 is 4.74 Å². The SMILES string of the molecule is FC(F)(F)c1cc(OCCc2cccs2)nc(Cl)n1. The third-order valence-electron chi connectivity index (χ3n) is 2.14. The molecule has 0 saturated heterocycles. The van der Waals surface area contributed by atoms with Crippen LogP contribution in [0.2, 0.25) is 5.28 Å². The summed E-state index contributed by atoms with van der Waals surface area (Å²) in [6, 6.07) is 4.55. The van der Waals surface area contributed by atoms with Crippen molar-refractivity contribution in [1.82, 2.24) is 9.97 Å². The highest BCUT2D eigenvalue weighted by Gasteiger charge is 2.33. The van der Waals surface area contributed by atoms with Gasteiger partial charge in [0.2, 0.25) is 11.2 Å². The second kappa shape index (κ2) is 5.75. The van der Waals surface area contributed by atoms with E-state index in [0.29, 0.717) is 6.42 Å². The zero-order chi connectivity index (χ0) is 13.9. The van der Waals surface area contributed by atoms with E-state index in [9.17, 15) is 13.2 Å². The van der Waals surface area contributed by atoms with Gasteiger partial charge in [-0.15, -0.1) is 11.3 Å². The molecule has 0 aromatic carbocycles. The number of nitrogens with zero attached hydrogens (tertiary/aromatic N) is 2. The lowest BCUT2D eigenvalue weighted by molar-refractivity contribution is -0.141. The predicted molar refractivity (Wildman–Crippen MR) is 65.6 cm³/mol. The Morgan fingerprint density at radius 2 is 2.11 bits per heavy atom. The second-order valence-electron chi connectivity index (χ2n) is 3.54. The molecular formula is C11H8ClF3N2OS. The maximum Gasteiger partial charge on any atom is 0.433 e. The molecule has 0 radical (unpaired) electrons. The van der Waals surface area contributed by atoms with Gasteiger partial charge in [-0.2, -0.15) is 18.2 Å². The fourth-order valence-electron chi connectivity index (χ4n) is 1.33. The summed E-state index contributed by atoms with van der Waals surface area (Å²) < 4.78 is 42.6. The average molecular weight is 309 g/mol. The maximum atomic E-state index is 12.5. The topological polar surface area (TPSA) is 35.0 Å². The molecule has 0 N–H and O–H groups in total. The first-order valence-electron chi connectivity index (χ1n) is 5.22. The molecule has 0 unspecified atom stereocenters. The Bertz CT molecular complexity index is 545. The van der Waals surface area contributed by atoms with E-state index in [0.717, 1.165) is 10.9 Å². The van der Waals surface area contributed by atoms with Crippen LogP contribution in [0.25, 0.3) is 0 Å². The number of rotatable bonds is 4. The minimum atomic E-state index is -4.57. The number of hydrogen-bond donors (Lipinski definition) is 0. The normalized spacial score (nSPS) is 11.6. The van der Waals surface area contributed by atoms with Crippen molar-refractivity contribution < 1.29 is 17.9 Å². The molecule has 2 aromatic rings. The zero-order valence-electron chi connectivity index (χ0n) is 9.45. The van der Waals surface area contributed by atoms with E-state index in [4.69, 9.17) is 16.3 Å². The van der Waals surface area contributed by atoms with Crippen molar-refractivity contribution in [3.8, 4) is 5.88 Å².